The van der Waals surface area contributed by atoms with Crippen LogP contribution in [0.4, 0.5) is 0 Å². The Hall–Kier alpha value is -0.0100. The first-order chi connectivity index (χ1) is 4.83. The van der Waals surface area contributed by atoms with E-state index in [1.165, 1.54) is 0 Å². The number of hydrogen-bond donors (Lipinski definition) is 2. The van der Waals surface area contributed by atoms with Crippen molar-refractivity contribution in [2.75, 3.05) is 5.88 Å². The van der Waals surface area contributed by atoms with Gasteiger partial charge in [0.25, 0.3) is 10.1 Å². The third kappa shape index (κ3) is 8.09. The summed E-state index contributed by atoms with van der Waals surface area (Å²) in [5, 5.41) is 1.88. The predicted octanol–water partition coefficient (Wildman–Crippen LogP) is -3.66. The van der Waals surface area contributed by atoms with E-state index in [9.17, 15) is 13.2 Å². The van der Waals surface area contributed by atoms with Gasteiger partial charge in [0.1, 0.15) is 11.8 Å². The summed E-state index contributed by atoms with van der Waals surface area (Å²) in [7, 11) is -4.15. The van der Waals surface area contributed by atoms with E-state index in [0.29, 0.717) is 0 Å². The molecule has 0 fully saturated rings. The van der Waals surface area contributed by atoms with Crippen LogP contribution in [0.15, 0.2) is 12.2 Å². The first-order valence-corrected chi connectivity index (χ1v) is 4.18. The molecule has 0 aromatic heterocycles. The summed E-state index contributed by atoms with van der Waals surface area (Å²) in [6.45, 7) is 6.31. The van der Waals surface area contributed by atoms with Crippen molar-refractivity contribution in [2.24, 2.45) is 0 Å². The zero-order valence-electron chi connectivity index (χ0n) is 6.70. The summed E-state index contributed by atoms with van der Waals surface area (Å²) in [5.74, 6) is -1.52. The Morgan fingerprint density at radius 1 is 1.58 bits per heavy atom. The molecule has 0 saturated carbocycles. The molecule has 0 bridgehead atoms. The van der Waals surface area contributed by atoms with Gasteiger partial charge in [0.2, 0.25) is 0 Å². The van der Waals surface area contributed by atoms with E-state index >= 15 is 0 Å². The largest absolute Gasteiger partial charge is 1.00 e. The Kier molecular flexibility index (Phi) is 6.78. The average molecular weight is 201 g/mol. The van der Waals surface area contributed by atoms with Crippen LogP contribution in [0.1, 0.15) is 0 Å². The van der Waals surface area contributed by atoms with Crippen molar-refractivity contribution in [3.05, 3.63) is 19.1 Å². The molecule has 0 aliphatic heterocycles. The molecule has 0 unspecified atom stereocenters. The predicted molar refractivity (Wildman–Crippen MR) is 39.1 cm³/mol. The van der Waals surface area contributed by atoms with E-state index < -0.39 is 21.9 Å². The van der Waals surface area contributed by atoms with Gasteiger partial charge in [0.05, 0.1) is 0 Å². The van der Waals surface area contributed by atoms with Crippen molar-refractivity contribution in [1.82, 2.24) is 5.32 Å². The third-order valence-corrected chi connectivity index (χ3v) is 1.25. The summed E-state index contributed by atoms with van der Waals surface area (Å²) in [6, 6.07) is 0. The van der Waals surface area contributed by atoms with E-state index in [-0.39, 0.29) is 35.1 Å². The summed E-state index contributed by atoms with van der Waals surface area (Å²) < 4.78 is 28.3. The number of nitrogens with one attached hydrogen (secondary N) is 1. The van der Waals surface area contributed by atoms with Gasteiger partial charge >= 0.3 is 29.6 Å². The summed E-state index contributed by atoms with van der Waals surface area (Å²) in [5.41, 5.74) is -0.0614. The molecule has 0 heterocycles. The number of carbonyl (C=O) groups is 1. The van der Waals surface area contributed by atoms with Gasteiger partial charge in [-0.2, -0.15) is 21.9 Å². The molecule has 2 N–H and O–H groups in total. The minimum absolute atomic E-state index is 0. The zero-order chi connectivity index (χ0) is 9.07. The Morgan fingerprint density at radius 3 is 2.25 bits per heavy atom. The molecular weight excluding hydrogens is 193 g/mol. The van der Waals surface area contributed by atoms with Gasteiger partial charge in [-0.3, -0.25) is 4.55 Å². The van der Waals surface area contributed by atoms with Gasteiger partial charge in [-0.1, -0.05) is 0 Å². The van der Waals surface area contributed by atoms with Crippen molar-refractivity contribution < 1.29 is 47.3 Å². The van der Waals surface area contributed by atoms with Gasteiger partial charge in [-0.05, 0) is 0 Å². The van der Waals surface area contributed by atoms with Crippen molar-refractivity contribution in [1.29, 1.82) is 0 Å². The zero-order valence-corrected chi connectivity index (χ0v) is 9.52. The van der Waals surface area contributed by atoms with Gasteiger partial charge in [0, 0.05) is 0 Å². The monoisotopic (exact) mass is 201 g/mol. The molecule has 0 spiro atoms. The van der Waals surface area contributed by atoms with Crippen LogP contribution in [0, 0.1) is 6.92 Å². The van der Waals surface area contributed by atoms with E-state index in [1.807, 2.05) is 5.32 Å². The maximum atomic E-state index is 10.5. The smallest absolute Gasteiger partial charge is 0.390 e. The molecule has 0 saturated heterocycles. The molecular formula is C5H8NNaO4S. The van der Waals surface area contributed by atoms with Crippen LogP contribution in [0.2, 0.25) is 0 Å². The number of hydrogen-bond acceptors (Lipinski definition) is 3. The van der Waals surface area contributed by atoms with E-state index in [2.05, 4.69) is 13.5 Å². The number of carbonyl (C=O) groups excluding carboxylic acids is 1. The fourth-order valence-corrected chi connectivity index (χ4v) is 0.595. The molecule has 0 aliphatic carbocycles. The molecule has 0 rings (SSSR count). The van der Waals surface area contributed by atoms with Gasteiger partial charge in [-0.25, -0.2) is 0 Å². The van der Waals surface area contributed by atoms with Crippen LogP contribution in [-0.4, -0.2) is 24.8 Å². The standard InChI is InChI=1S/C5H8NO4S.Na/c1-4(2)5(7)6-3-11(8,9)10;/h1-3H2,(H,6,7)(H,8,9,10);/q-1;+1. The number of rotatable bonds is 3. The van der Waals surface area contributed by atoms with E-state index in [0.717, 1.165) is 0 Å². The second kappa shape index (κ2) is 5.60. The van der Waals surface area contributed by atoms with Crippen LogP contribution in [-0.2, 0) is 14.9 Å². The third-order valence-electron chi connectivity index (χ3n) is 0.736. The Balaban J connectivity index is 0. The molecule has 5 nitrogen and oxygen atoms in total. The summed E-state index contributed by atoms with van der Waals surface area (Å²) in [6.07, 6.45) is 0. The van der Waals surface area contributed by atoms with Gasteiger partial charge in [-0.15, -0.1) is 5.57 Å². The van der Waals surface area contributed by atoms with E-state index in [4.69, 9.17) is 4.55 Å². The van der Waals surface area contributed by atoms with Crippen molar-refractivity contribution >= 4 is 16.0 Å². The van der Waals surface area contributed by atoms with Crippen LogP contribution < -0.4 is 34.9 Å². The van der Waals surface area contributed by atoms with E-state index in [1.54, 1.807) is 0 Å². The van der Waals surface area contributed by atoms with Gasteiger partial charge < -0.3 is 10.1 Å². The fourth-order valence-electron chi connectivity index (χ4n) is 0.282. The molecule has 0 radical (unpaired) electrons. The van der Waals surface area contributed by atoms with Crippen LogP contribution in [0.5, 0.6) is 0 Å². The molecule has 0 aliphatic rings. The van der Waals surface area contributed by atoms with Crippen LogP contribution in [0.25, 0.3) is 0 Å². The van der Waals surface area contributed by atoms with Gasteiger partial charge in [0.15, 0.2) is 0 Å². The summed E-state index contributed by atoms with van der Waals surface area (Å²) >= 11 is 0. The van der Waals surface area contributed by atoms with Crippen molar-refractivity contribution in [3.8, 4) is 0 Å². The maximum absolute atomic E-state index is 10.5. The molecule has 7 heteroatoms. The molecule has 1 amide bonds. The first kappa shape index (κ1) is 14.5. The average Bonchev–Trinajstić information content (AvgIpc) is 1.80. The van der Waals surface area contributed by atoms with Crippen molar-refractivity contribution in [3.63, 3.8) is 0 Å². The summed E-state index contributed by atoms with van der Waals surface area (Å²) in [4.78, 5) is 10.5. The minimum Gasteiger partial charge on any atom is -0.390 e. The Labute approximate surface area is 93.3 Å². The molecule has 64 valence electrons. The Morgan fingerprint density at radius 2 is 2.00 bits per heavy atom. The molecule has 0 aromatic carbocycles. The topological polar surface area (TPSA) is 83.5 Å². The van der Waals surface area contributed by atoms with Crippen LogP contribution in [0.3, 0.4) is 0 Å². The molecule has 12 heavy (non-hydrogen) atoms. The molecule has 0 atom stereocenters. The Bertz CT molecular complexity index is 271. The SMILES string of the molecule is C=C([CH2-])C(=O)NCS(=O)(=O)O.[Na+]. The second-order valence-electron chi connectivity index (χ2n) is 1.84. The normalized spacial score (nSPS) is 9.75. The molecule has 0 aromatic rings. The quantitative estimate of drug-likeness (QED) is 0.213. The van der Waals surface area contributed by atoms with Crippen LogP contribution >= 0.6 is 0 Å². The first-order valence-electron chi connectivity index (χ1n) is 2.57. The number of amides is 1. The van der Waals surface area contributed by atoms with Crippen molar-refractivity contribution in [2.45, 2.75) is 0 Å². The maximum Gasteiger partial charge on any atom is 1.00 e. The second-order valence-corrected chi connectivity index (χ2v) is 3.29. The fraction of sp³-hybridized carbons (Fsp3) is 0.200. The minimum atomic E-state index is -4.15.